The Morgan fingerprint density at radius 3 is 1.62 bits per heavy atom. The van der Waals surface area contributed by atoms with Crippen molar-refractivity contribution in [2.24, 2.45) is 0 Å². The summed E-state index contributed by atoms with van der Waals surface area (Å²) in [6.07, 6.45) is 7.61. The molecule has 2 heteroatoms. The van der Waals surface area contributed by atoms with Crippen LogP contribution in [0.3, 0.4) is 0 Å². The van der Waals surface area contributed by atoms with Gasteiger partial charge in [-0.25, -0.2) is 0 Å². The van der Waals surface area contributed by atoms with Gasteiger partial charge in [0.05, 0.1) is 0 Å². The second-order valence-electron chi connectivity index (χ2n) is 6.38. The van der Waals surface area contributed by atoms with Crippen molar-refractivity contribution in [2.45, 2.75) is 71.6 Å². The molecule has 0 aliphatic heterocycles. The number of hydrogen-bond donors (Lipinski definition) is 0. The zero-order chi connectivity index (χ0) is 15.3. The molecule has 116 valence electrons. The molecule has 0 saturated carbocycles. The van der Waals surface area contributed by atoms with Crippen molar-refractivity contribution in [3.8, 4) is 0 Å². The Bertz CT molecular complexity index is 497. The molecule has 0 amide bonds. The summed E-state index contributed by atoms with van der Waals surface area (Å²) >= 11 is 3.89. The molecule has 0 fully saturated rings. The van der Waals surface area contributed by atoms with Gasteiger partial charge in [-0.1, -0.05) is 40.5 Å². The number of aryl methyl sites for hydroxylation is 2. The van der Waals surface area contributed by atoms with Crippen LogP contribution in [0.4, 0.5) is 0 Å². The second kappa shape index (κ2) is 7.60. The Morgan fingerprint density at radius 2 is 1.24 bits per heavy atom. The largest absolute Gasteiger partial charge is 0.148 e. The molecule has 0 spiro atoms. The van der Waals surface area contributed by atoms with Crippen LogP contribution in [-0.2, 0) is 18.3 Å². The molecule has 0 atom stereocenters. The van der Waals surface area contributed by atoms with Crippen LogP contribution in [0.5, 0.6) is 0 Å². The van der Waals surface area contributed by atoms with Crippen LogP contribution in [0, 0.1) is 0 Å². The maximum Gasteiger partial charge on any atom is 0.0339 e. The fourth-order valence-electron chi connectivity index (χ4n) is 3.00. The lowest BCUT2D eigenvalue weighted by Gasteiger charge is -2.26. The Hall–Kier alpha value is -0.600. The van der Waals surface area contributed by atoms with E-state index >= 15 is 0 Å². The molecule has 21 heavy (non-hydrogen) atoms. The molecule has 0 unspecified atom stereocenters. The fraction of sp³-hybridized carbons (Fsp3) is 0.579. The SMILES string of the molecule is CCCCc1ccsc1C(C)(C)c1sccc1CCCC. The first-order valence-corrected chi connectivity index (χ1v) is 10.0. The van der Waals surface area contributed by atoms with Gasteiger partial charge in [0.1, 0.15) is 0 Å². The third-order valence-electron chi connectivity index (χ3n) is 4.23. The molecule has 0 saturated heterocycles. The lowest BCUT2D eigenvalue weighted by molar-refractivity contribution is 0.644. The van der Waals surface area contributed by atoms with E-state index in [9.17, 15) is 0 Å². The lowest BCUT2D eigenvalue weighted by Crippen LogP contribution is -2.19. The van der Waals surface area contributed by atoms with Gasteiger partial charge in [-0.3, -0.25) is 0 Å². The van der Waals surface area contributed by atoms with Gasteiger partial charge < -0.3 is 0 Å². The van der Waals surface area contributed by atoms with Crippen LogP contribution in [0.1, 0.15) is 74.3 Å². The van der Waals surface area contributed by atoms with Gasteiger partial charge in [-0.05, 0) is 59.7 Å². The molecular weight excluding hydrogens is 292 g/mol. The molecule has 0 aliphatic carbocycles. The molecule has 2 rings (SSSR count). The van der Waals surface area contributed by atoms with Crippen LogP contribution >= 0.6 is 22.7 Å². The van der Waals surface area contributed by atoms with Gasteiger partial charge in [0.2, 0.25) is 0 Å². The van der Waals surface area contributed by atoms with Crippen molar-refractivity contribution < 1.29 is 0 Å². The monoisotopic (exact) mass is 320 g/mol. The minimum absolute atomic E-state index is 0.161. The van der Waals surface area contributed by atoms with Crippen molar-refractivity contribution in [1.82, 2.24) is 0 Å². The van der Waals surface area contributed by atoms with Crippen molar-refractivity contribution in [3.05, 3.63) is 43.8 Å². The van der Waals surface area contributed by atoms with Crippen LogP contribution in [0.2, 0.25) is 0 Å². The summed E-state index contributed by atoms with van der Waals surface area (Å²) in [7, 11) is 0. The second-order valence-corrected chi connectivity index (χ2v) is 8.21. The number of rotatable bonds is 8. The Balaban J connectivity index is 2.29. The quantitative estimate of drug-likeness (QED) is 0.500. The Labute approximate surface area is 138 Å². The minimum Gasteiger partial charge on any atom is -0.148 e. The van der Waals surface area contributed by atoms with E-state index in [-0.39, 0.29) is 5.41 Å². The summed E-state index contributed by atoms with van der Waals surface area (Å²) in [5, 5.41) is 4.56. The van der Waals surface area contributed by atoms with Gasteiger partial charge >= 0.3 is 0 Å². The van der Waals surface area contributed by atoms with E-state index in [2.05, 4.69) is 50.6 Å². The first-order chi connectivity index (χ1) is 10.1. The molecule has 2 aromatic heterocycles. The summed E-state index contributed by atoms with van der Waals surface area (Å²) in [6, 6.07) is 4.69. The van der Waals surface area contributed by atoms with Crippen molar-refractivity contribution in [2.75, 3.05) is 0 Å². The van der Waals surface area contributed by atoms with Gasteiger partial charge in [-0.2, -0.15) is 0 Å². The molecular formula is C19H28S2. The highest BCUT2D eigenvalue weighted by Gasteiger charge is 2.30. The summed E-state index contributed by atoms with van der Waals surface area (Å²) in [5.41, 5.74) is 3.30. The zero-order valence-electron chi connectivity index (χ0n) is 13.9. The fourth-order valence-corrected chi connectivity index (χ4v) is 5.24. The van der Waals surface area contributed by atoms with Gasteiger partial charge in [0, 0.05) is 15.2 Å². The number of hydrogen-bond acceptors (Lipinski definition) is 2. The average Bonchev–Trinajstić information content (AvgIpc) is 3.11. The lowest BCUT2D eigenvalue weighted by atomic mass is 9.83. The van der Waals surface area contributed by atoms with Crippen molar-refractivity contribution in [3.63, 3.8) is 0 Å². The van der Waals surface area contributed by atoms with Gasteiger partial charge in [0.25, 0.3) is 0 Å². The average molecular weight is 321 g/mol. The Morgan fingerprint density at radius 1 is 0.810 bits per heavy atom. The van der Waals surface area contributed by atoms with Crippen LogP contribution in [0.25, 0.3) is 0 Å². The van der Waals surface area contributed by atoms with E-state index in [0.29, 0.717) is 0 Å². The van der Waals surface area contributed by atoms with Crippen LogP contribution < -0.4 is 0 Å². The molecule has 0 bridgehead atoms. The molecule has 0 nitrogen and oxygen atoms in total. The molecule has 2 heterocycles. The van der Waals surface area contributed by atoms with Crippen LogP contribution in [0.15, 0.2) is 22.9 Å². The molecule has 0 aliphatic rings. The van der Waals surface area contributed by atoms with E-state index in [1.165, 1.54) is 38.5 Å². The topological polar surface area (TPSA) is 0 Å². The van der Waals surface area contributed by atoms with Crippen LogP contribution in [-0.4, -0.2) is 0 Å². The normalized spacial score (nSPS) is 12.0. The highest BCUT2D eigenvalue weighted by Crippen LogP contribution is 2.42. The Kier molecular flexibility index (Phi) is 6.07. The van der Waals surface area contributed by atoms with E-state index in [4.69, 9.17) is 0 Å². The standard InChI is InChI=1S/C19H28S2/c1-5-7-9-15-11-13-20-17(15)19(3,4)18-16(10-8-6-2)12-14-21-18/h11-14H,5-10H2,1-4H3. The van der Waals surface area contributed by atoms with E-state index in [1.54, 1.807) is 20.9 Å². The molecule has 2 aromatic rings. The summed E-state index contributed by atoms with van der Waals surface area (Å²) in [6.45, 7) is 9.38. The van der Waals surface area contributed by atoms with Crippen molar-refractivity contribution >= 4 is 22.7 Å². The molecule has 0 radical (unpaired) electrons. The number of unbranched alkanes of at least 4 members (excludes halogenated alkanes) is 2. The summed E-state index contributed by atoms with van der Waals surface area (Å²) < 4.78 is 0. The maximum atomic E-state index is 2.41. The highest BCUT2D eigenvalue weighted by molar-refractivity contribution is 7.12. The van der Waals surface area contributed by atoms with E-state index in [1.807, 2.05) is 22.7 Å². The zero-order valence-corrected chi connectivity index (χ0v) is 15.5. The molecule has 0 aromatic carbocycles. The van der Waals surface area contributed by atoms with E-state index < -0.39 is 0 Å². The first kappa shape index (κ1) is 16.8. The summed E-state index contributed by atoms with van der Waals surface area (Å²) in [4.78, 5) is 3.16. The van der Waals surface area contributed by atoms with E-state index in [0.717, 1.165) is 0 Å². The molecule has 0 N–H and O–H groups in total. The van der Waals surface area contributed by atoms with Crippen molar-refractivity contribution in [1.29, 1.82) is 0 Å². The highest BCUT2D eigenvalue weighted by atomic mass is 32.1. The van der Waals surface area contributed by atoms with Gasteiger partial charge in [0.15, 0.2) is 0 Å². The third-order valence-corrected chi connectivity index (χ3v) is 6.79. The third kappa shape index (κ3) is 3.78. The number of thiophene rings is 2. The smallest absolute Gasteiger partial charge is 0.0339 e. The maximum absolute atomic E-state index is 2.41. The predicted octanol–water partition coefficient (Wildman–Crippen LogP) is 6.82. The van der Waals surface area contributed by atoms with Gasteiger partial charge in [-0.15, -0.1) is 22.7 Å². The first-order valence-electron chi connectivity index (χ1n) is 8.24. The predicted molar refractivity (Wildman–Crippen MR) is 98.0 cm³/mol. The summed E-state index contributed by atoms with van der Waals surface area (Å²) in [5.74, 6) is 0. The minimum atomic E-state index is 0.161.